The quantitative estimate of drug-likeness (QED) is 0.456. The minimum atomic E-state index is -0.454. The molecule has 6 heteroatoms. The Hall–Kier alpha value is -1.95. The highest BCUT2D eigenvalue weighted by molar-refractivity contribution is 5.78. The van der Waals surface area contributed by atoms with Crippen LogP contribution in [0.5, 0.6) is 0 Å². The van der Waals surface area contributed by atoms with Gasteiger partial charge in [-0.1, -0.05) is 12.1 Å². The topological polar surface area (TPSA) is 75.5 Å². The van der Waals surface area contributed by atoms with Crippen molar-refractivity contribution in [2.24, 2.45) is 0 Å². The summed E-state index contributed by atoms with van der Waals surface area (Å²) in [6.45, 7) is 1.53. The molecule has 1 aromatic rings. The molecule has 0 bridgehead atoms. The predicted molar refractivity (Wildman–Crippen MR) is 73.0 cm³/mol. The first-order chi connectivity index (χ1) is 9.04. The van der Waals surface area contributed by atoms with E-state index in [2.05, 4.69) is 5.32 Å². The molecule has 6 nitrogen and oxygen atoms in total. The standard InChI is InChI=1S/C13H19N3O3/c1-14-7-4-8-15(2)13(17)10-11-5-3-6-12(9-11)16(18)19/h3,5-6,9,14H,4,7-8,10H2,1-2H3. The Morgan fingerprint density at radius 2 is 2.21 bits per heavy atom. The fraction of sp³-hybridized carbons (Fsp3) is 0.462. The van der Waals surface area contributed by atoms with E-state index in [1.165, 1.54) is 12.1 Å². The number of benzene rings is 1. The first-order valence-electron chi connectivity index (χ1n) is 6.16. The van der Waals surface area contributed by atoms with Crippen LogP contribution in [0.1, 0.15) is 12.0 Å². The second-order valence-corrected chi connectivity index (χ2v) is 4.38. The number of hydrogen-bond donors (Lipinski definition) is 1. The van der Waals surface area contributed by atoms with Crippen molar-refractivity contribution >= 4 is 11.6 Å². The third kappa shape index (κ3) is 5.05. The van der Waals surface area contributed by atoms with Crippen LogP contribution in [0.25, 0.3) is 0 Å². The maximum absolute atomic E-state index is 11.9. The number of nitrogens with zero attached hydrogens (tertiary/aromatic N) is 2. The molecule has 0 fully saturated rings. The highest BCUT2D eigenvalue weighted by atomic mass is 16.6. The Morgan fingerprint density at radius 3 is 2.84 bits per heavy atom. The predicted octanol–water partition coefficient (Wildman–Crippen LogP) is 1.21. The average molecular weight is 265 g/mol. The molecule has 1 amide bonds. The molecule has 1 rings (SSSR count). The smallest absolute Gasteiger partial charge is 0.269 e. The van der Waals surface area contributed by atoms with E-state index in [0.717, 1.165) is 13.0 Å². The number of nitro benzene ring substituents is 1. The van der Waals surface area contributed by atoms with Crippen LogP contribution < -0.4 is 5.32 Å². The molecule has 104 valence electrons. The van der Waals surface area contributed by atoms with Crippen LogP contribution in [0.3, 0.4) is 0 Å². The summed E-state index contributed by atoms with van der Waals surface area (Å²) in [7, 11) is 3.61. The van der Waals surface area contributed by atoms with Crippen molar-refractivity contribution in [1.82, 2.24) is 10.2 Å². The van der Waals surface area contributed by atoms with Crippen LogP contribution in [0.4, 0.5) is 5.69 Å². The summed E-state index contributed by atoms with van der Waals surface area (Å²) in [4.78, 5) is 23.8. The van der Waals surface area contributed by atoms with Gasteiger partial charge in [-0.2, -0.15) is 0 Å². The number of amides is 1. The van der Waals surface area contributed by atoms with Gasteiger partial charge in [-0.05, 0) is 25.6 Å². The zero-order chi connectivity index (χ0) is 14.3. The molecule has 1 aromatic carbocycles. The monoisotopic (exact) mass is 265 g/mol. The lowest BCUT2D eigenvalue weighted by atomic mass is 10.1. The Bertz CT molecular complexity index is 449. The van der Waals surface area contributed by atoms with E-state index in [4.69, 9.17) is 0 Å². The van der Waals surface area contributed by atoms with Gasteiger partial charge >= 0.3 is 0 Å². The lowest BCUT2D eigenvalue weighted by Crippen LogP contribution is -2.30. The van der Waals surface area contributed by atoms with Crippen LogP contribution in [0, 0.1) is 10.1 Å². The molecule has 0 saturated heterocycles. The fourth-order valence-electron chi connectivity index (χ4n) is 1.71. The van der Waals surface area contributed by atoms with Gasteiger partial charge in [0, 0.05) is 25.7 Å². The second-order valence-electron chi connectivity index (χ2n) is 4.38. The van der Waals surface area contributed by atoms with E-state index in [9.17, 15) is 14.9 Å². The molecule has 0 aromatic heterocycles. The Labute approximate surface area is 112 Å². The first kappa shape index (κ1) is 15.1. The molecule has 0 radical (unpaired) electrons. The van der Waals surface area contributed by atoms with Crippen LogP contribution in [0.15, 0.2) is 24.3 Å². The lowest BCUT2D eigenvalue weighted by molar-refractivity contribution is -0.384. The van der Waals surface area contributed by atoms with Crippen molar-refractivity contribution in [2.45, 2.75) is 12.8 Å². The van der Waals surface area contributed by atoms with Crippen molar-refractivity contribution < 1.29 is 9.72 Å². The maximum atomic E-state index is 11.9. The first-order valence-corrected chi connectivity index (χ1v) is 6.16. The second kappa shape index (κ2) is 7.48. The number of rotatable bonds is 7. The van der Waals surface area contributed by atoms with Gasteiger partial charge < -0.3 is 10.2 Å². The Balaban J connectivity index is 2.56. The normalized spacial score (nSPS) is 10.2. The summed E-state index contributed by atoms with van der Waals surface area (Å²) < 4.78 is 0. The number of nitrogens with one attached hydrogen (secondary N) is 1. The van der Waals surface area contributed by atoms with Gasteiger partial charge in [0.15, 0.2) is 0 Å². The molecule has 19 heavy (non-hydrogen) atoms. The molecule has 0 atom stereocenters. The van der Waals surface area contributed by atoms with Crippen molar-refractivity contribution in [1.29, 1.82) is 0 Å². The van der Waals surface area contributed by atoms with Gasteiger partial charge in [0.05, 0.1) is 11.3 Å². The number of nitro groups is 1. The van der Waals surface area contributed by atoms with Crippen LogP contribution in [0.2, 0.25) is 0 Å². The van der Waals surface area contributed by atoms with Gasteiger partial charge in [0.25, 0.3) is 5.69 Å². The molecule has 0 aliphatic rings. The molecule has 0 unspecified atom stereocenters. The van der Waals surface area contributed by atoms with E-state index < -0.39 is 4.92 Å². The molecule has 0 aliphatic carbocycles. The van der Waals surface area contributed by atoms with E-state index in [-0.39, 0.29) is 18.0 Å². The molecule has 0 saturated carbocycles. The minimum absolute atomic E-state index is 0.0168. The number of non-ortho nitro benzene ring substituents is 1. The van der Waals surface area contributed by atoms with Crippen molar-refractivity contribution in [3.8, 4) is 0 Å². The van der Waals surface area contributed by atoms with Gasteiger partial charge in [0.2, 0.25) is 5.91 Å². The zero-order valence-corrected chi connectivity index (χ0v) is 11.3. The maximum Gasteiger partial charge on any atom is 0.269 e. The molecular weight excluding hydrogens is 246 g/mol. The highest BCUT2D eigenvalue weighted by Gasteiger charge is 2.12. The van der Waals surface area contributed by atoms with Crippen LogP contribution in [-0.2, 0) is 11.2 Å². The largest absolute Gasteiger partial charge is 0.345 e. The number of likely N-dealkylation sites (N-methyl/N-ethyl adjacent to an activating group) is 1. The molecule has 0 spiro atoms. The van der Waals surface area contributed by atoms with Gasteiger partial charge in [-0.15, -0.1) is 0 Å². The fourth-order valence-corrected chi connectivity index (χ4v) is 1.71. The Morgan fingerprint density at radius 1 is 1.47 bits per heavy atom. The summed E-state index contributed by atoms with van der Waals surface area (Å²) in [5, 5.41) is 13.7. The van der Waals surface area contributed by atoms with E-state index in [0.29, 0.717) is 12.1 Å². The summed E-state index contributed by atoms with van der Waals surface area (Å²) in [5.41, 5.74) is 0.683. The van der Waals surface area contributed by atoms with Crippen LogP contribution in [-0.4, -0.2) is 42.9 Å². The molecule has 1 N–H and O–H groups in total. The number of carbonyl (C=O) groups excluding carboxylic acids is 1. The summed E-state index contributed by atoms with van der Waals surface area (Å²) in [6.07, 6.45) is 1.07. The van der Waals surface area contributed by atoms with E-state index >= 15 is 0 Å². The number of carbonyl (C=O) groups is 1. The lowest BCUT2D eigenvalue weighted by Gasteiger charge is -2.17. The SMILES string of the molecule is CNCCCN(C)C(=O)Cc1cccc([N+](=O)[O-])c1. The van der Waals surface area contributed by atoms with Gasteiger partial charge in [-0.25, -0.2) is 0 Å². The van der Waals surface area contributed by atoms with Crippen molar-refractivity contribution in [3.63, 3.8) is 0 Å². The van der Waals surface area contributed by atoms with Gasteiger partial charge in [0.1, 0.15) is 0 Å². The van der Waals surface area contributed by atoms with Crippen LogP contribution >= 0.6 is 0 Å². The zero-order valence-electron chi connectivity index (χ0n) is 11.3. The molecular formula is C13H19N3O3. The van der Waals surface area contributed by atoms with Crippen molar-refractivity contribution in [2.75, 3.05) is 27.2 Å². The van der Waals surface area contributed by atoms with Crippen molar-refractivity contribution in [3.05, 3.63) is 39.9 Å². The summed E-state index contributed by atoms with van der Waals surface area (Å²) in [6, 6.07) is 6.19. The van der Waals surface area contributed by atoms with E-state index in [1.54, 1.807) is 24.1 Å². The average Bonchev–Trinajstić information content (AvgIpc) is 2.39. The van der Waals surface area contributed by atoms with Gasteiger partial charge in [-0.3, -0.25) is 14.9 Å². The summed E-state index contributed by atoms with van der Waals surface area (Å²) in [5.74, 6) is -0.0309. The summed E-state index contributed by atoms with van der Waals surface area (Å²) >= 11 is 0. The Kier molecular flexibility index (Phi) is 5.95. The highest BCUT2D eigenvalue weighted by Crippen LogP contribution is 2.14. The van der Waals surface area contributed by atoms with E-state index in [1.807, 2.05) is 7.05 Å². The minimum Gasteiger partial charge on any atom is -0.345 e. The number of hydrogen-bond acceptors (Lipinski definition) is 4. The third-order valence-corrected chi connectivity index (χ3v) is 2.82. The third-order valence-electron chi connectivity index (χ3n) is 2.82. The molecule has 0 heterocycles. The molecule has 0 aliphatic heterocycles.